The SMILES string of the molecule is CNC1C=CC(C)=C(N=C(C)C)C=C1C. The lowest BCUT2D eigenvalue weighted by atomic mass is 10.1. The van der Waals surface area contributed by atoms with Gasteiger partial charge in [0.05, 0.1) is 5.70 Å². The number of nitrogens with one attached hydrogen (secondary N) is 1. The third kappa shape index (κ3) is 3.17. The molecule has 1 unspecified atom stereocenters. The molecule has 0 radical (unpaired) electrons. The van der Waals surface area contributed by atoms with E-state index in [-0.39, 0.29) is 0 Å². The largest absolute Gasteiger partial charge is 0.310 e. The van der Waals surface area contributed by atoms with Crippen molar-refractivity contribution < 1.29 is 0 Å². The lowest BCUT2D eigenvalue weighted by molar-refractivity contribution is 0.752. The minimum absolute atomic E-state index is 0.324. The number of nitrogens with zero attached hydrogens (tertiary/aromatic N) is 1. The van der Waals surface area contributed by atoms with E-state index >= 15 is 0 Å². The number of hydrogen-bond donors (Lipinski definition) is 1. The molecule has 0 aromatic carbocycles. The Labute approximate surface area is 92.5 Å². The zero-order chi connectivity index (χ0) is 11.4. The Kier molecular flexibility index (Phi) is 4.04. The van der Waals surface area contributed by atoms with E-state index in [0.717, 1.165) is 11.4 Å². The number of rotatable bonds is 2. The second-order valence-corrected chi connectivity index (χ2v) is 4.14. The van der Waals surface area contributed by atoms with Crippen LogP contribution in [0.4, 0.5) is 0 Å². The average molecular weight is 204 g/mol. The van der Waals surface area contributed by atoms with E-state index in [1.807, 2.05) is 20.9 Å². The zero-order valence-electron chi connectivity index (χ0n) is 10.3. The fraction of sp³-hybridized carbons (Fsp3) is 0.462. The number of allylic oxidation sites excluding steroid dienone is 3. The number of likely N-dealkylation sites (N-methyl/N-ethyl adjacent to an activating group) is 1. The molecule has 0 saturated heterocycles. The van der Waals surface area contributed by atoms with Gasteiger partial charge in [0, 0.05) is 11.8 Å². The van der Waals surface area contributed by atoms with Crippen molar-refractivity contribution >= 4 is 5.71 Å². The maximum absolute atomic E-state index is 4.54. The molecule has 1 aliphatic rings. The molecule has 0 bridgehead atoms. The molecular formula is C13H20N2. The lowest BCUT2D eigenvalue weighted by Crippen LogP contribution is -2.23. The van der Waals surface area contributed by atoms with Crippen LogP contribution in [-0.4, -0.2) is 18.8 Å². The Morgan fingerprint density at radius 3 is 2.53 bits per heavy atom. The van der Waals surface area contributed by atoms with Gasteiger partial charge in [-0.15, -0.1) is 0 Å². The summed E-state index contributed by atoms with van der Waals surface area (Å²) in [5.41, 5.74) is 4.67. The summed E-state index contributed by atoms with van der Waals surface area (Å²) >= 11 is 0. The zero-order valence-corrected chi connectivity index (χ0v) is 10.3. The first-order valence-electron chi connectivity index (χ1n) is 5.31. The van der Waals surface area contributed by atoms with Gasteiger partial charge in [-0.3, -0.25) is 4.99 Å². The summed E-state index contributed by atoms with van der Waals surface area (Å²) in [6, 6.07) is 0.324. The topological polar surface area (TPSA) is 24.4 Å². The van der Waals surface area contributed by atoms with Gasteiger partial charge in [0.25, 0.3) is 0 Å². The molecule has 0 aromatic rings. The fourth-order valence-electron chi connectivity index (χ4n) is 1.58. The maximum Gasteiger partial charge on any atom is 0.0657 e. The first-order chi connectivity index (χ1) is 7.04. The van der Waals surface area contributed by atoms with Crippen LogP contribution in [0.2, 0.25) is 0 Å². The minimum Gasteiger partial charge on any atom is -0.310 e. The first-order valence-corrected chi connectivity index (χ1v) is 5.31. The fourth-order valence-corrected chi connectivity index (χ4v) is 1.58. The van der Waals surface area contributed by atoms with Crippen LogP contribution in [0.15, 0.2) is 40.1 Å². The first kappa shape index (κ1) is 11.9. The summed E-state index contributed by atoms with van der Waals surface area (Å²) in [4.78, 5) is 4.54. The van der Waals surface area contributed by atoms with E-state index in [1.165, 1.54) is 11.1 Å². The van der Waals surface area contributed by atoms with E-state index in [9.17, 15) is 0 Å². The average Bonchev–Trinajstić information content (AvgIpc) is 2.27. The van der Waals surface area contributed by atoms with Crippen molar-refractivity contribution in [3.63, 3.8) is 0 Å². The molecule has 0 spiro atoms. The highest BCUT2D eigenvalue weighted by molar-refractivity contribution is 5.80. The van der Waals surface area contributed by atoms with Crippen molar-refractivity contribution in [1.29, 1.82) is 0 Å². The van der Waals surface area contributed by atoms with Gasteiger partial charge in [-0.25, -0.2) is 0 Å². The van der Waals surface area contributed by atoms with E-state index in [4.69, 9.17) is 0 Å². The van der Waals surface area contributed by atoms with Gasteiger partial charge in [-0.1, -0.05) is 17.7 Å². The van der Waals surface area contributed by atoms with E-state index in [1.54, 1.807) is 0 Å². The molecule has 2 heteroatoms. The van der Waals surface area contributed by atoms with Gasteiger partial charge in [0.2, 0.25) is 0 Å². The summed E-state index contributed by atoms with van der Waals surface area (Å²) in [5, 5.41) is 3.26. The van der Waals surface area contributed by atoms with Gasteiger partial charge in [0.1, 0.15) is 0 Å². The number of hydrogen-bond acceptors (Lipinski definition) is 2. The highest BCUT2D eigenvalue weighted by Gasteiger charge is 2.09. The molecule has 1 atom stereocenters. The van der Waals surface area contributed by atoms with E-state index in [2.05, 4.69) is 42.4 Å². The van der Waals surface area contributed by atoms with Crippen LogP contribution in [0, 0.1) is 0 Å². The maximum atomic E-state index is 4.54. The van der Waals surface area contributed by atoms with Crippen LogP contribution in [-0.2, 0) is 0 Å². The number of aliphatic imine (C=N–C) groups is 1. The monoisotopic (exact) mass is 204 g/mol. The third-order valence-corrected chi connectivity index (χ3v) is 2.45. The molecule has 0 aromatic heterocycles. The van der Waals surface area contributed by atoms with Gasteiger partial charge >= 0.3 is 0 Å². The minimum atomic E-state index is 0.324. The van der Waals surface area contributed by atoms with Gasteiger partial charge < -0.3 is 5.32 Å². The van der Waals surface area contributed by atoms with Crippen LogP contribution in [0.5, 0.6) is 0 Å². The third-order valence-electron chi connectivity index (χ3n) is 2.45. The van der Waals surface area contributed by atoms with Gasteiger partial charge in [-0.2, -0.15) is 0 Å². The molecule has 0 fully saturated rings. The van der Waals surface area contributed by atoms with Crippen molar-refractivity contribution in [3.8, 4) is 0 Å². The van der Waals surface area contributed by atoms with Crippen LogP contribution < -0.4 is 5.32 Å². The van der Waals surface area contributed by atoms with Crippen molar-refractivity contribution in [2.75, 3.05) is 7.05 Å². The highest BCUT2D eigenvalue weighted by atomic mass is 14.9. The smallest absolute Gasteiger partial charge is 0.0657 e. The summed E-state index contributed by atoms with van der Waals surface area (Å²) in [6.07, 6.45) is 6.47. The highest BCUT2D eigenvalue weighted by Crippen LogP contribution is 2.18. The molecule has 0 aliphatic heterocycles. The Hall–Kier alpha value is -1.15. The Morgan fingerprint density at radius 2 is 2.00 bits per heavy atom. The van der Waals surface area contributed by atoms with Crippen molar-refractivity contribution in [2.45, 2.75) is 33.7 Å². The van der Waals surface area contributed by atoms with Gasteiger partial charge in [-0.05, 0) is 46.4 Å². The van der Waals surface area contributed by atoms with Crippen LogP contribution in [0.25, 0.3) is 0 Å². The summed E-state index contributed by atoms with van der Waals surface area (Å²) < 4.78 is 0. The van der Waals surface area contributed by atoms with E-state index < -0.39 is 0 Å². The molecule has 0 amide bonds. The van der Waals surface area contributed by atoms with Crippen LogP contribution in [0.3, 0.4) is 0 Å². The normalized spacial score (nSPS) is 21.1. The Bertz CT molecular complexity index is 353. The molecule has 1 aliphatic carbocycles. The van der Waals surface area contributed by atoms with Gasteiger partial charge in [0.15, 0.2) is 0 Å². The molecule has 1 N–H and O–H groups in total. The molecule has 0 heterocycles. The second kappa shape index (κ2) is 5.08. The van der Waals surface area contributed by atoms with Crippen molar-refractivity contribution in [3.05, 3.63) is 35.1 Å². The molecule has 15 heavy (non-hydrogen) atoms. The molecule has 1 rings (SSSR count). The summed E-state index contributed by atoms with van der Waals surface area (Å²) in [7, 11) is 1.97. The quantitative estimate of drug-likeness (QED) is 0.687. The Morgan fingerprint density at radius 1 is 1.33 bits per heavy atom. The summed E-state index contributed by atoms with van der Waals surface area (Å²) in [5.74, 6) is 0. The molecule has 2 nitrogen and oxygen atoms in total. The van der Waals surface area contributed by atoms with Crippen LogP contribution >= 0.6 is 0 Å². The second-order valence-electron chi connectivity index (χ2n) is 4.14. The molecular weight excluding hydrogens is 184 g/mol. The molecule has 82 valence electrons. The predicted octanol–water partition coefficient (Wildman–Crippen LogP) is 2.85. The summed E-state index contributed by atoms with van der Waals surface area (Å²) in [6.45, 7) is 8.27. The van der Waals surface area contributed by atoms with Crippen molar-refractivity contribution in [1.82, 2.24) is 5.32 Å². The van der Waals surface area contributed by atoms with Crippen LogP contribution in [0.1, 0.15) is 27.7 Å². The lowest BCUT2D eigenvalue weighted by Gasteiger charge is -2.10. The Balaban J connectivity index is 3.11. The van der Waals surface area contributed by atoms with E-state index in [0.29, 0.717) is 6.04 Å². The standard InChI is InChI=1S/C13H20N2/c1-9(2)15-13-8-11(4)12(14-5)7-6-10(13)3/h6-8,12,14H,1-5H3. The molecule has 0 saturated carbocycles. The predicted molar refractivity (Wildman–Crippen MR) is 67.2 cm³/mol. The van der Waals surface area contributed by atoms with Crippen molar-refractivity contribution in [2.24, 2.45) is 4.99 Å².